The van der Waals surface area contributed by atoms with Crippen LogP contribution in [0, 0.1) is 0 Å². The summed E-state index contributed by atoms with van der Waals surface area (Å²) in [4.78, 5) is 12.2. The first kappa shape index (κ1) is 22.2. The van der Waals surface area contributed by atoms with Gasteiger partial charge in [-0.25, -0.2) is 5.43 Å². The Morgan fingerprint density at radius 3 is 2.42 bits per heavy atom. The summed E-state index contributed by atoms with van der Waals surface area (Å²) in [7, 11) is 1.57. The van der Waals surface area contributed by atoms with E-state index in [1.54, 1.807) is 7.11 Å². The van der Waals surface area contributed by atoms with Gasteiger partial charge in [-0.3, -0.25) is 4.79 Å². The number of halogens is 1. The van der Waals surface area contributed by atoms with Gasteiger partial charge in [-0.05, 0) is 53.9 Å². The molecule has 31 heavy (non-hydrogen) atoms. The Balaban J connectivity index is 1.67. The molecule has 0 fully saturated rings. The second-order valence-electron chi connectivity index (χ2n) is 7.22. The third-order valence-corrected chi connectivity index (χ3v) is 4.98. The second-order valence-corrected chi connectivity index (χ2v) is 7.63. The van der Waals surface area contributed by atoms with Crippen LogP contribution < -0.4 is 15.5 Å². The van der Waals surface area contributed by atoms with E-state index in [1.165, 1.54) is 30.0 Å². The number of carbonyl (C=O) groups excluding carboxylic acids is 1. The molecule has 3 aromatic rings. The van der Waals surface area contributed by atoms with Gasteiger partial charge in [-0.2, -0.15) is 5.10 Å². The van der Waals surface area contributed by atoms with Crippen LogP contribution in [0.3, 0.4) is 0 Å². The molecule has 0 unspecified atom stereocenters. The van der Waals surface area contributed by atoms with Crippen molar-refractivity contribution in [3.63, 3.8) is 0 Å². The van der Waals surface area contributed by atoms with Crippen LogP contribution in [0.15, 0.2) is 65.8 Å². The van der Waals surface area contributed by atoms with Crippen molar-refractivity contribution in [3.8, 4) is 11.5 Å². The fourth-order valence-electron chi connectivity index (χ4n) is 2.89. The molecule has 6 nitrogen and oxygen atoms in total. The first-order valence-corrected chi connectivity index (χ1v) is 10.1. The number of ether oxygens (including phenoxy) is 1. The molecule has 0 aliphatic rings. The van der Waals surface area contributed by atoms with E-state index in [9.17, 15) is 9.90 Å². The smallest absolute Gasteiger partial charge is 0.271 e. The lowest BCUT2D eigenvalue weighted by Crippen LogP contribution is -2.17. The molecule has 7 heteroatoms. The molecule has 0 radical (unpaired) electrons. The van der Waals surface area contributed by atoms with Crippen LogP contribution >= 0.6 is 11.6 Å². The number of phenolic OH excluding ortho intramolecular Hbond substituents is 1. The molecule has 0 heterocycles. The van der Waals surface area contributed by atoms with Crippen LogP contribution in [0.1, 0.15) is 41.3 Å². The highest BCUT2D eigenvalue weighted by atomic mass is 35.5. The number of rotatable bonds is 7. The van der Waals surface area contributed by atoms with Gasteiger partial charge in [0.1, 0.15) is 11.5 Å². The van der Waals surface area contributed by atoms with Gasteiger partial charge in [0.05, 0.1) is 18.3 Å². The molecule has 0 aliphatic carbocycles. The highest BCUT2D eigenvalue weighted by molar-refractivity contribution is 6.32. The second kappa shape index (κ2) is 10.00. The summed E-state index contributed by atoms with van der Waals surface area (Å²) >= 11 is 5.83. The molecule has 3 rings (SSSR count). The van der Waals surface area contributed by atoms with Gasteiger partial charge in [-0.1, -0.05) is 37.6 Å². The van der Waals surface area contributed by atoms with Crippen LogP contribution in [-0.4, -0.2) is 24.3 Å². The number of hydrazone groups is 1. The average Bonchev–Trinajstić information content (AvgIpc) is 2.76. The number of amides is 1. The molecule has 0 bridgehead atoms. The topological polar surface area (TPSA) is 83.0 Å². The zero-order chi connectivity index (χ0) is 22.4. The largest absolute Gasteiger partial charge is 0.506 e. The first-order chi connectivity index (χ1) is 14.9. The number of carbonyl (C=O) groups is 1. The lowest BCUT2D eigenvalue weighted by Gasteiger charge is -2.11. The molecule has 160 valence electrons. The molecule has 0 aromatic heterocycles. The molecular formula is C24H24ClN3O3. The Morgan fingerprint density at radius 2 is 1.77 bits per heavy atom. The van der Waals surface area contributed by atoms with Gasteiger partial charge in [0.2, 0.25) is 0 Å². The fourth-order valence-corrected chi connectivity index (χ4v) is 3.07. The third kappa shape index (κ3) is 5.77. The summed E-state index contributed by atoms with van der Waals surface area (Å²) in [6, 6.07) is 18.1. The SMILES string of the molecule is COc1cc(Nc2ccc(C(C)C)cc2)ccc1C=NNC(=O)c1ccc(O)c(Cl)c1. The number of methoxy groups -OCH3 is 1. The Kier molecular flexibility index (Phi) is 7.15. The summed E-state index contributed by atoms with van der Waals surface area (Å²) in [5.41, 5.74) is 6.55. The van der Waals surface area contributed by atoms with E-state index in [4.69, 9.17) is 16.3 Å². The number of hydrogen-bond donors (Lipinski definition) is 3. The average molecular weight is 438 g/mol. The van der Waals surface area contributed by atoms with Gasteiger partial charge < -0.3 is 15.2 Å². The minimum atomic E-state index is -0.444. The zero-order valence-electron chi connectivity index (χ0n) is 17.5. The monoisotopic (exact) mass is 437 g/mol. The van der Waals surface area contributed by atoms with E-state index < -0.39 is 5.91 Å². The number of nitrogens with one attached hydrogen (secondary N) is 2. The lowest BCUT2D eigenvalue weighted by molar-refractivity contribution is 0.0955. The number of hydrogen-bond acceptors (Lipinski definition) is 5. The number of anilines is 2. The summed E-state index contributed by atoms with van der Waals surface area (Å²) in [6.45, 7) is 4.33. The number of phenols is 1. The molecule has 3 N–H and O–H groups in total. The summed E-state index contributed by atoms with van der Waals surface area (Å²) in [5.74, 6) is 0.560. The van der Waals surface area contributed by atoms with Gasteiger partial charge in [0.25, 0.3) is 5.91 Å². The third-order valence-electron chi connectivity index (χ3n) is 4.68. The molecule has 0 saturated heterocycles. The fraction of sp³-hybridized carbons (Fsp3) is 0.167. The molecular weight excluding hydrogens is 414 g/mol. The highest BCUT2D eigenvalue weighted by Gasteiger charge is 2.08. The quantitative estimate of drug-likeness (QED) is 0.327. The Morgan fingerprint density at radius 1 is 1.06 bits per heavy atom. The number of nitrogens with zero attached hydrogens (tertiary/aromatic N) is 1. The van der Waals surface area contributed by atoms with Crippen molar-refractivity contribution in [2.75, 3.05) is 12.4 Å². The van der Waals surface area contributed by atoms with Crippen molar-refractivity contribution in [3.05, 3.63) is 82.4 Å². The maximum Gasteiger partial charge on any atom is 0.271 e. The predicted octanol–water partition coefficient (Wildman–Crippen LogP) is 5.69. The minimum Gasteiger partial charge on any atom is -0.506 e. The van der Waals surface area contributed by atoms with Gasteiger partial charge >= 0.3 is 0 Å². The number of benzene rings is 3. The summed E-state index contributed by atoms with van der Waals surface area (Å²) in [5, 5.41) is 16.9. The van der Waals surface area contributed by atoms with Crippen molar-refractivity contribution in [1.82, 2.24) is 5.43 Å². The minimum absolute atomic E-state index is 0.0870. The van der Waals surface area contributed by atoms with Crippen LogP contribution in [0.4, 0.5) is 11.4 Å². The van der Waals surface area contributed by atoms with E-state index in [0.717, 1.165) is 11.4 Å². The van der Waals surface area contributed by atoms with Crippen molar-refractivity contribution >= 4 is 35.1 Å². The molecule has 0 saturated carbocycles. The van der Waals surface area contributed by atoms with E-state index in [-0.39, 0.29) is 16.3 Å². The molecule has 3 aromatic carbocycles. The Hall–Kier alpha value is -3.51. The van der Waals surface area contributed by atoms with Crippen molar-refractivity contribution in [2.45, 2.75) is 19.8 Å². The van der Waals surface area contributed by atoms with Crippen LogP contribution in [0.2, 0.25) is 5.02 Å². The summed E-state index contributed by atoms with van der Waals surface area (Å²) < 4.78 is 5.46. The van der Waals surface area contributed by atoms with Crippen LogP contribution in [-0.2, 0) is 0 Å². The Bertz CT molecular complexity index is 1100. The van der Waals surface area contributed by atoms with Crippen LogP contribution in [0.5, 0.6) is 11.5 Å². The van der Waals surface area contributed by atoms with Crippen molar-refractivity contribution in [2.24, 2.45) is 5.10 Å². The lowest BCUT2D eigenvalue weighted by atomic mass is 10.0. The molecule has 0 aliphatic heterocycles. The van der Waals surface area contributed by atoms with Gasteiger partial charge in [0.15, 0.2) is 0 Å². The van der Waals surface area contributed by atoms with Crippen LogP contribution in [0.25, 0.3) is 0 Å². The van der Waals surface area contributed by atoms with Gasteiger partial charge in [-0.15, -0.1) is 0 Å². The van der Waals surface area contributed by atoms with Crippen molar-refractivity contribution in [1.29, 1.82) is 0 Å². The molecule has 1 amide bonds. The standard InChI is InChI=1S/C24H24ClN3O3/c1-15(2)16-4-8-19(9-5-16)27-20-10-6-18(23(13-20)31-3)14-26-28-24(30)17-7-11-22(29)21(25)12-17/h4-15,27,29H,1-3H3,(H,28,30). The Labute approximate surface area is 186 Å². The predicted molar refractivity (Wildman–Crippen MR) is 125 cm³/mol. The zero-order valence-corrected chi connectivity index (χ0v) is 18.3. The summed E-state index contributed by atoms with van der Waals surface area (Å²) in [6.07, 6.45) is 1.50. The normalized spacial score (nSPS) is 11.0. The number of aromatic hydroxyl groups is 1. The van der Waals surface area contributed by atoms with Gasteiger partial charge in [0, 0.05) is 28.6 Å². The maximum atomic E-state index is 12.2. The van der Waals surface area contributed by atoms with Crippen molar-refractivity contribution < 1.29 is 14.6 Å². The van der Waals surface area contributed by atoms with E-state index in [1.807, 2.05) is 30.3 Å². The first-order valence-electron chi connectivity index (χ1n) is 9.74. The van der Waals surface area contributed by atoms with E-state index >= 15 is 0 Å². The molecule has 0 atom stereocenters. The van der Waals surface area contributed by atoms with E-state index in [0.29, 0.717) is 17.2 Å². The molecule has 0 spiro atoms. The maximum absolute atomic E-state index is 12.2. The van der Waals surface area contributed by atoms with E-state index in [2.05, 4.69) is 41.8 Å². The highest BCUT2D eigenvalue weighted by Crippen LogP contribution is 2.26.